The van der Waals surface area contributed by atoms with Gasteiger partial charge >= 0.3 is 5.97 Å². The van der Waals surface area contributed by atoms with E-state index in [1.807, 2.05) is 0 Å². The van der Waals surface area contributed by atoms with Crippen molar-refractivity contribution >= 4 is 11.9 Å². The van der Waals surface area contributed by atoms with Gasteiger partial charge in [-0.1, -0.05) is 0 Å². The Morgan fingerprint density at radius 2 is 2.06 bits per heavy atom. The number of hydrogen-bond donors (Lipinski definition) is 1. The molecule has 1 amide bonds. The molecular weight excluding hydrogens is 229 g/mol. The average Bonchev–Trinajstić information content (AvgIpc) is 2.27. The molecular formula is C11H12FNO4. The summed E-state index contributed by atoms with van der Waals surface area (Å²) >= 11 is 0. The normalized spacial score (nSPS) is 11.7. The molecule has 0 fully saturated rings. The van der Waals surface area contributed by atoms with Gasteiger partial charge in [0.15, 0.2) is 6.10 Å². The number of nitrogens with two attached hydrogens (primary N) is 1. The smallest absolute Gasteiger partial charge is 0.346 e. The average molecular weight is 241 g/mol. The lowest BCUT2D eigenvalue weighted by Crippen LogP contribution is -2.25. The second kappa shape index (κ2) is 5.29. The van der Waals surface area contributed by atoms with Crippen molar-refractivity contribution in [2.45, 2.75) is 13.0 Å². The van der Waals surface area contributed by atoms with E-state index < -0.39 is 23.8 Å². The monoisotopic (exact) mass is 241 g/mol. The maximum Gasteiger partial charge on any atom is 0.346 e. The summed E-state index contributed by atoms with van der Waals surface area (Å²) in [6.45, 7) is 1.46. The summed E-state index contributed by atoms with van der Waals surface area (Å²) in [5.74, 6) is -2.13. The molecule has 92 valence electrons. The molecule has 0 aliphatic rings. The quantitative estimate of drug-likeness (QED) is 0.793. The van der Waals surface area contributed by atoms with Crippen LogP contribution < -0.4 is 10.5 Å². The maximum atomic E-state index is 13.3. The molecule has 1 atom stereocenters. The van der Waals surface area contributed by atoms with E-state index in [2.05, 4.69) is 4.74 Å². The molecule has 17 heavy (non-hydrogen) atoms. The van der Waals surface area contributed by atoms with Gasteiger partial charge in [0.2, 0.25) is 0 Å². The molecule has 1 aromatic rings. The predicted octanol–water partition coefficient (Wildman–Crippen LogP) is 0.865. The number of amides is 1. The van der Waals surface area contributed by atoms with Crippen LogP contribution in [0.2, 0.25) is 0 Å². The highest BCUT2D eigenvalue weighted by molar-refractivity contribution is 5.93. The number of carbonyl (C=O) groups excluding carboxylic acids is 2. The van der Waals surface area contributed by atoms with Crippen LogP contribution >= 0.6 is 0 Å². The van der Waals surface area contributed by atoms with Crippen LogP contribution in [0.4, 0.5) is 4.39 Å². The minimum Gasteiger partial charge on any atom is -0.479 e. The van der Waals surface area contributed by atoms with Crippen molar-refractivity contribution in [2.24, 2.45) is 5.73 Å². The van der Waals surface area contributed by atoms with Crippen LogP contribution in [-0.4, -0.2) is 25.1 Å². The van der Waals surface area contributed by atoms with E-state index in [4.69, 9.17) is 10.5 Å². The van der Waals surface area contributed by atoms with Crippen LogP contribution in [-0.2, 0) is 9.53 Å². The Hall–Kier alpha value is -2.11. The highest BCUT2D eigenvalue weighted by Gasteiger charge is 2.16. The Morgan fingerprint density at radius 1 is 1.41 bits per heavy atom. The standard InChI is InChI=1S/C11H12FNO4/c1-6(11(15)16-2)17-7-3-4-8(10(13)14)9(12)5-7/h3-6H,1-2H3,(H2,13,14)/t6-/m1/s1. The van der Waals surface area contributed by atoms with Gasteiger partial charge < -0.3 is 15.2 Å². The third-order valence-corrected chi connectivity index (χ3v) is 2.05. The van der Waals surface area contributed by atoms with Gasteiger partial charge in [0, 0.05) is 6.07 Å². The number of methoxy groups -OCH3 is 1. The Balaban J connectivity index is 2.84. The van der Waals surface area contributed by atoms with E-state index >= 15 is 0 Å². The molecule has 5 nitrogen and oxygen atoms in total. The molecule has 0 aliphatic heterocycles. The number of halogens is 1. The van der Waals surface area contributed by atoms with Crippen LogP contribution in [0, 0.1) is 5.82 Å². The molecule has 0 radical (unpaired) electrons. The molecule has 1 aromatic carbocycles. The second-order valence-corrected chi connectivity index (χ2v) is 3.29. The number of esters is 1. The third kappa shape index (κ3) is 3.17. The summed E-state index contributed by atoms with van der Waals surface area (Å²) < 4.78 is 22.9. The molecule has 0 saturated heterocycles. The third-order valence-electron chi connectivity index (χ3n) is 2.05. The number of ether oxygens (including phenoxy) is 2. The largest absolute Gasteiger partial charge is 0.479 e. The fraction of sp³-hybridized carbons (Fsp3) is 0.273. The van der Waals surface area contributed by atoms with Gasteiger partial charge in [-0.15, -0.1) is 0 Å². The number of carbonyl (C=O) groups is 2. The van der Waals surface area contributed by atoms with Gasteiger partial charge in [-0.3, -0.25) is 4.79 Å². The molecule has 0 heterocycles. The van der Waals surface area contributed by atoms with E-state index in [1.54, 1.807) is 0 Å². The highest BCUT2D eigenvalue weighted by atomic mass is 19.1. The molecule has 6 heteroatoms. The van der Waals surface area contributed by atoms with Crippen LogP contribution in [0.1, 0.15) is 17.3 Å². The van der Waals surface area contributed by atoms with Crippen molar-refractivity contribution in [3.63, 3.8) is 0 Å². The summed E-state index contributed by atoms with van der Waals surface area (Å²) in [6.07, 6.45) is -0.862. The molecule has 0 aromatic heterocycles. The SMILES string of the molecule is COC(=O)[C@@H](C)Oc1ccc(C(N)=O)c(F)c1. The summed E-state index contributed by atoms with van der Waals surface area (Å²) in [5, 5.41) is 0. The fourth-order valence-corrected chi connectivity index (χ4v) is 1.19. The lowest BCUT2D eigenvalue weighted by molar-refractivity contribution is -0.147. The Morgan fingerprint density at radius 3 is 2.53 bits per heavy atom. The zero-order valence-corrected chi connectivity index (χ0v) is 9.40. The van der Waals surface area contributed by atoms with Crippen molar-refractivity contribution in [1.82, 2.24) is 0 Å². The van der Waals surface area contributed by atoms with Crippen LogP contribution in [0.25, 0.3) is 0 Å². The zero-order valence-electron chi connectivity index (χ0n) is 9.40. The van der Waals surface area contributed by atoms with Crippen LogP contribution in [0.5, 0.6) is 5.75 Å². The Bertz CT molecular complexity index is 447. The first-order chi connectivity index (χ1) is 7.95. The van der Waals surface area contributed by atoms with Crippen molar-refractivity contribution in [2.75, 3.05) is 7.11 Å². The number of benzene rings is 1. The summed E-state index contributed by atoms with van der Waals surface area (Å²) in [5.41, 5.74) is 4.71. The second-order valence-electron chi connectivity index (χ2n) is 3.29. The number of hydrogen-bond acceptors (Lipinski definition) is 4. The molecule has 0 spiro atoms. The fourth-order valence-electron chi connectivity index (χ4n) is 1.19. The first-order valence-electron chi connectivity index (χ1n) is 4.79. The van der Waals surface area contributed by atoms with E-state index in [0.717, 1.165) is 6.07 Å². The van der Waals surface area contributed by atoms with E-state index in [9.17, 15) is 14.0 Å². The van der Waals surface area contributed by atoms with E-state index in [1.165, 1.54) is 26.2 Å². The van der Waals surface area contributed by atoms with Crippen molar-refractivity contribution < 1.29 is 23.5 Å². The molecule has 0 bridgehead atoms. The maximum absolute atomic E-state index is 13.3. The Kier molecular flexibility index (Phi) is 4.03. The van der Waals surface area contributed by atoms with Gasteiger partial charge in [0.05, 0.1) is 12.7 Å². The van der Waals surface area contributed by atoms with E-state index in [0.29, 0.717) is 0 Å². The van der Waals surface area contributed by atoms with Crippen LogP contribution in [0.3, 0.4) is 0 Å². The molecule has 2 N–H and O–H groups in total. The number of rotatable bonds is 4. The van der Waals surface area contributed by atoms with Gasteiger partial charge in [0.25, 0.3) is 5.91 Å². The Labute approximate surface area is 97.3 Å². The first-order valence-corrected chi connectivity index (χ1v) is 4.79. The minimum atomic E-state index is -0.866. The van der Waals surface area contributed by atoms with Crippen molar-refractivity contribution in [3.05, 3.63) is 29.6 Å². The zero-order chi connectivity index (χ0) is 13.0. The van der Waals surface area contributed by atoms with Crippen molar-refractivity contribution in [3.8, 4) is 5.75 Å². The topological polar surface area (TPSA) is 78.6 Å². The minimum absolute atomic E-state index is 0.116. The number of primary amides is 1. The van der Waals surface area contributed by atoms with Gasteiger partial charge in [-0.2, -0.15) is 0 Å². The highest BCUT2D eigenvalue weighted by Crippen LogP contribution is 2.17. The summed E-state index contributed by atoms with van der Waals surface area (Å²) in [4.78, 5) is 21.8. The van der Waals surface area contributed by atoms with Gasteiger partial charge in [-0.05, 0) is 19.1 Å². The molecule has 0 saturated carbocycles. The predicted molar refractivity (Wildman–Crippen MR) is 57.0 cm³/mol. The first kappa shape index (κ1) is 13.0. The summed E-state index contributed by atoms with van der Waals surface area (Å²) in [6, 6.07) is 3.53. The summed E-state index contributed by atoms with van der Waals surface area (Å²) in [7, 11) is 1.22. The lowest BCUT2D eigenvalue weighted by Gasteiger charge is -2.12. The molecule has 1 rings (SSSR count). The van der Waals surface area contributed by atoms with E-state index in [-0.39, 0.29) is 11.3 Å². The van der Waals surface area contributed by atoms with Crippen LogP contribution in [0.15, 0.2) is 18.2 Å². The van der Waals surface area contributed by atoms with Crippen molar-refractivity contribution in [1.29, 1.82) is 0 Å². The lowest BCUT2D eigenvalue weighted by atomic mass is 10.2. The molecule has 0 aliphatic carbocycles. The van der Waals surface area contributed by atoms with Gasteiger partial charge in [0.1, 0.15) is 11.6 Å². The molecule has 0 unspecified atom stereocenters. The van der Waals surface area contributed by atoms with Gasteiger partial charge in [-0.25, -0.2) is 9.18 Å².